The van der Waals surface area contributed by atoms with E-state index in [4.69, 9.17) is 5.73 Å². The fourth-order valence-corrected chi connectivity index (χ4v) is 1.61. The Morgan fingerprint density at radius 2 is 2.09 bits per heavy atom. The lowest BCUT2D eigenvalue weighted by Gasteiger charge is -2.14. The van der Waals surface area contributed by atoms with Crippen molar-refractivity contribution in [3.8, 4) is 0 Å². The van der Waals surface area contributed by atoms with Gasteiger partial charge >= 0.3 is 5.97 Å². The van der Waals surface area contributed by atoms with Crippen LogP contribution in [0.15, 0.2) is 24.3 Å². The second-order valence-corrected chi connectivity index (χ2v) is 4.24. The van der Waals surface area contributed by atoms with Gasteiger partial charge in [-0.05, 0) is 13.0 Å². The van der Waals surface area contributed by atoms with E-state index in [0.717, 1.165) is 6.07 Å². The molecule has 0 aliphatic carbocycles. The number of carbonyl (C=O) groups excluding carboxylic acids is 3. The number of hydrogen-bond donors (Lipinski definition) is 2. The van der Waals surface area contributed by atoms with Gasteiger partial charge < -0.3 is 15.8 Å². The molecule has 0 saturated heterocycles. The summed E-state index contributed by atoms with van der Waals surface area (Å²) in [6, 6.07) is 3.69. The van der Waals surface area contributed by atoms with Crippen molar-refractivity contribution in [2.75, 3.05) is 6.61 Å². The van der Waals surface area contributed by atoms with Crippen LogP contribution in [0.5, 0.6) is 0 Å². The van der Waals surface area contributed by atoms with Crippen LogP contribution in [0, 0.1) is 10.1 Å². The standard InChI is InChI=1S/C13H15N3O6/c1-2-22-11(17)7-10(12(14)18)15-13(19)8-4-3-5-9(6-8)16(20)21/h3-6,10H,2,7H2,1H3,(H2,14,18)(H,15,19)/t10-/m1/s1. The molecule has 1 rings (SSSR count). The van der Waals surface area contributed by atoms with Gasteiger partial charge in [-0.15, -0.1) is 0 Å². The van der Waals surface area contributed by atoms with E-state index in [1.54, 1.807) is 6.92 Å². The van der Waals surface area contributed by atoms with Gasteiger partial charge in [0.15, 0.2) is 0 Å². The molecule has 0 fully saturated rings. The van der Waals surface area contributed by atoms with Crippen molar-refractivity contribution in [1.29, 1.82) is 0 Å². The third kappa shape index (κ3) is 4.85. The van der Waals surface area contributed by atoms with E-state index in [9.17, 15) is 24.5 Å². The number of amides is 2. The Kier molecular flexibility index (Phi) is 5.99. The van der Waals surface area contributed by atoms with Crippen molar-refractivity contribution in [3.05, 3.63) is 39.9 Å². The Morgan fingerprint density at radius 3 is 2.64 bits per heavy atom. The average Bonchev–Trinajstić information content (AvgIpc) is 2.46. The summed E-state index contributed by atoms with van der Waals surface area (Å²) in [5.41, 5.74) is 4.82. The highest BCUT2D eigenvalue weighted by Crippen LogP contribution is 2.13. The molecule has 1 atom stereocenters. The van der Waals surface area contributed by atoms with Crippen LogP contribution < -0.4 is 11.1 Å². The van der Waals surface area contributed by atoms with Gasteiger partial charge in [-0.3, -0.25) is 24.5 Å². The zero-order valence-electron chi connectivity index (χ0n) is 11.8. The first-order chi connectivity index (χ1) is 10.3. The lowest BCUT2D eigenvalue weighted by molar-refractivity contribution is -0.384. The van der Waals surface area contributed by atoms with Gasteiger partial charge in [0.25, 0.3) is 11.6 Å². The highest BCUT2D eigenvalue weighted by atomic mass is 16.6. The summed E-state index contributed by atoms with van der Waals surface area (Å²) in [6.07, 6.45) is -0.413. The van der Waals surface area contributed by atoms with Crippen LogP contribution in [-0.4, -0.2) is 35.4 Å². The first-order valence-electron chi connectivity index (χ1n) is 6.35. The minimum Gasteiger partial charge on any atom is -0.466 e. The van der Waals surface area contributed by atoms with Gasteiger partial charge in [0.2, 0.25) is 5.91 Å². The first kappa shape index (κ1) is 17.1. The smallest absolute Gasteiger partial charge is 0.308 e. The molecular weight excluding hydrogens is 294 g/mol. The molecular formula is C13H15N3O6. The number of primary amides is 1. The lowest BCUT2D eigenvalue weighted by Crippen LogP contribution is -2.45. The van der Waals surface area contributed by atoms with Crippen molar-refractivity contribution in [1.82, 2.24) is 5.32 Å². The van der Waals surface area contributed by atoms with Gasteiger partial charge in [0.05, 0.1) is 18.0 Å². The Hall–Kier alpha value is -2.97. The Bertz CT molecular complexity index is 601. The lowest BCUT2D eigenvalue weighted by atomic mass is 10.1. The van der Waals surface area contributed by atoms with Gasteiger partial charge in [0.1, 0.15) is 6.04 Å². The number of benzene rings is 1. The fourth-order valence-electron chi connectivity index (χ4n) is 1.61. The van der Waals surface area contributed by atoms with Gasteiger partial charge in [-0.1, -0.05) is 6.07 Å². The van der Waals surface area contributed by atoms with Crippen LogP contribution in [0.2, 0.25) is 0 Å². The Balaban J connectivity index is 2.83. The molecule has 22 heavy (non-hydrogen) atoms. The number of rotatable bonds is 7. The van der Waals surface area contributed by atoms with Crippen molar-refractivity contribution in [2.45, 2.75) is 19.4 Å². The largest absolute Gasteiger partial charge is 0.466 e. The molecule has 118 valence electrons. The minimum atomic E-state index is -1.26. The number of ether oxygens (including phenoxy) is 1. The maximum absolute atomic E-state index is 12.0. The molecule has 0 aliphatic rings. The van der Waals surface area contributed by atoms with Crippen molar-refractivity contribution in [2.24, 2.45) is 5.73 Å². The number of nitro benzene ring substituents is 1. The molecule has 1 aromatic carbocycles. The monoisotopic (exact) mass is 309 g/mol. The first-order valence-corrected chi connectivity index (χ1v) is 6.35. The second-order valence-electron chi connectivity index (χ2n) is 4.24. The number of non-ortho nitro benzene ring substituents is 1. The van der Waals surface area contributed by atoms with E-state index in [0.29, 0.717) is 0 Å². The molecule has 3 N–H and O–H groups in total. The van der Waals surface area contributed by atoms with E-state index in [1.807, 2.05) is 0 Å². The summed E-state index contributed by atoms with van der Waals surface area (Å²) in [7, 11) is 0. The van der Waals surface area contributed by atoms with E-state index < -0.39 is 35.2 Å². The molecule has 0 saturated carbocycles. The third-order valence-electron chi connectivity index (χ3n) is 2.64. The summed E-state index contributed by atoms with van der Waals surface area (Å²) >= 11 is 0. The van der Waals surface area contributed by atoms with Crippen LogP contribution in [0.1, 0.15) is 23.7 Å². The molecule has 0 heterocycles. The SMILES string of the molecule is CCOC(=O)C[C@@H](NC(=O)c1cccc([N+](=O)[O-])c1)C(N)=O. The molecule has 0 unspecified atom stereocenters. The molecule has 2 amide bonds. The highest BCUT2D eigenvalue weighted by molar-refractivity contribution is 5.98. The topological polar surface area (TPSA) is 142 Å². The number of nitrogens with two attached hydrogens (primary N) is 1. The molecule has 0 aliphatic heterocycles. The van der Waals surface area contributed by atoms with Gasteiger partial charge in [0, 0.05) is 17.7 Å². The maximum atomic E-state index is 12.0. The van der Waals surface area contributed by atoms with Crippen LogP contribution in [-0.2, 0) is 14.3 Å². The molecule has 0 radical (unpaired) electrons. The van der Waals surface area contributed by atoms with Crippen LogP contribution >= 0.6 is 0 Å². The number of esters is 1. The normalized spacial score (nSPS) is 11.3. The van der Waals surface area contributed by atoms with Crippen LogP contribution in [0.4, 0.5) is 5.69 Å². The number of nitrogens with one attached hydrogen (secondary N) is 1. The zero-order chi connectivity index (χ0) is 16.7. The molecule has 0 aromatic heterocycles. The Morgan fingerprint density at radius 1 is 1.41 bits per heavy atom. The predicted octanol–water partition coefficient (Wildman–Crippen LogP) is 0.132. The van der Waals surface area contributed by atoms with Gasteiger partial charge in [-0.25, -0.2) is 0 Å². The number of carbonyl (C=O) groups is 3. The van der Waals surface area contributed by atoms with Crippen LogP contribution in [0.25, 0.3) is 0 Å². The maximum Gasteiger partial charge on any atom is 0.308 e. The summed E-state index contributed by atoms with van der Waals surface area (Å²) in [6.45, 7) is 1.72. The average molecular weight is 309 g/mol. The zero-order valence-corrected chi connectivity index (χ0v) is 11.8. The van der Waals surface area contributed by atoms with Crippen molar-refractivity contribution < 1.29 is 24.0 Å². The van der Waals surface area contributed by atoms with Crippen molar-refractivity contribution in [3.63, 3.8) is 0 Å². The summed E-state index contributed by atoms with van der Waals surface area (Å²) in [5, 5.41) is 12.9. The van der Waals surface area contributed by atoms with E-state index in [1.165, 1.54) is 18.2 Å². The summed E-state index contributed by atoms with van der Waals surface area (Å²) in [5.74, 6) is -2.35. The van der Waals surface area contributed by atoms with E-state index in [-0.39, 0.29) is 17.9 Å². The second kappa shape index (κ2) is 7.72. The predicted molar refractivity (Wildman–Crippen MR) is 74.8 cm³/mol. The molecule has 0 bridgehead atoms. The van der Waals surface area contributed by atoms with Gasteiger partial charge in [-0.2, -0.15) is 0 Å². The number of nitrogens with zero attached hydrogens (tertiary/aromatic N) is 1. The van der Waals surface area contributed by atoms with Crippen LogP contribution in [0.3, 0.4) is 0 Å². The summed E-state index contributed by atoms with van der Waals surface area (Å²) in [4.78, 5) is 44.6. The van der Waals surface area contributed by atoms with E-state index >= 15 is 0 Å². The third-order valence-corrected chi connectivity index (χ3v) is 2.64. The summed E-state index contributed by atoms with van der Waals surface area (Å²) < 4.78 is 4.67. The molecule has 9 heteroatoms. The highest BCUT2D eigenvalue weighted by Gasteiger charge is 2.23. The minimum absolute atomic E-state index is 0.0238. The van der Waals surface area contributed by atoms with E-state index in [2.05, 4.69) is 10.1 Å². The van der Waals surface area contributed by atoms with Crippen molar-refractivity contribution >= 4 is 23.5 Å². The quantitative estimate of drug-likeness (QED) is 0.416. The molecule has 1 aromatic rings. The fraction of sp³-hybridized carbons (Fsp3) is 0.308. The molecule has 9 nitrogen and oxygen atoms in total. The molecule has 0 spiro atoms. The number of nitro groups is 1. The Labute approximate surface area is 125 Å². The number of hydrogen-bond acceptors (Lipinski definition) is 6.